The van der Waals surface area contributed by atoms with Crippen LogP contribution in [0.25, 0.3) is 0 Å². The Kier molecular flexibility index (Phi) is 0.943. The molecule has 1 aliphatic rings. The average molecular weight is 136 g/mol. The van der Waals surface area contributed by atoms with Gasteiger partial charge in [-0.1, -0.05) is 0 Å². The van der Waals surface area contributed by atoms with Crippen molar-refractivity contribution in [2.45, 2.75) is 6.54 Å². The van der Waals surface area contributed by atoms with Crippen LogP contribution >= 0.6 is 0 Å². The van der Waals surface area contributed by atoms with Gasteiger partial charge < -0.3 is 15.6 Å². The summed E-state index contributed by atoms with van der Waals surface area (Å²) in [6.45, 7) is 0.738. The van der Waals surface area contributed by atoms with Crippen molar-refractivity contribution in [3.8, 4) is 0 Å². The summed E-state index contributed by atoms with van der Waals surface area (Å²) in [5, 5.41) is 2.96. The molecule has 0 fully saturated rings. The number of nitrogens with two attached hydrogens (primary N) is 1. The van der Waals surface area contributed by atoms with Gasteiger partial charge in [0.15, 0.2) is 0 Å². The Morgan fingerprint density at radius 2 is 2.60 bits per heavy atom. The highest BCUT2D eigenvalue weighted by Gasteiger charge is 2.05. The van der Waals surface area contributed by atoms with E-state index in [2.05, 4.69) is 10.3 Å². The Labute approximate surface area is 58.4 Å². The van der Waals surface area contributed by atoms with Gasteiger partial charge in [-0.15, -0.1) is 0 Å². The minimum atomic E-state index is 0.738. The van der Waals surface area contributed by atoms with Gasteiger partial charge in [0.25, 0.3) is 0 Å². The van der Waals surface area contributed by atoms with Crippen molar-refractivity contribution in [3.63, 3.8) is 0 Å². The van der Waals surface area contributed by atoms with Crippen molar-refractivity contribution in [3.05, 3.63) is 24.3 Å². The molecule has 0 radical (unpaired) electrons. The molecule has 2 heterocycles. The molecular formula is C6H8N4. The highest BCUT2D eigenvalue weighted by molar-refractivity contribution is 5.35. The first kappa shape index (κ1) is 5.34. The number of allylic oxidation sites excluding steroid dienone is 1. The second-order valence-corrected chi connectivity index (χ2v) is 2.24. The van der Waals surface area contributed by atoms with Gasteiger partial charge in [-0.3, -0.25) is 0 Å². The zero-order valence-electron chi connectivity index (χ0n) is 5.41. The quantitative estimate of drug-likeness (QED) is 0.532. The van der Waals surface area contributed by atoms with Gasteiger partial charge in [-0.25, -0.2) is 4.98 Å². The van der Waals surface area contributed by atoms with E-state index in [1.54, 1.807) is 12.4 Å². The SMILES string of the molecule is NC1=CNc2nccn2C1. The van der Waals surface area contributed by atoms with E-state index in [1.807, 2.05) is 10.8 Å². The molecule has 4 heteroatoms. The summed E-state index contributed by atoms with van der Waals surface area (Å²) in [4.78, 5) is 4.04. The largest absolute Gasteiger partial charge is 0.399 e. The monoisotopic (exact) mass is 136 g/mol. The van der Waals surface area contributed by atoms with E-state index < -0.39 is 0 Å². The molecule has 0 saturated carbocycles. The molecule has 3 N–H and O–H groups in total. The summed E-state index contributed by atoms with van der Waals surface area (Å²) in [5.74, 6) is 0.856. The standard InChI is InChI=1S/C6H8N4/c7-5-3-9-6-8-1-2-10(6)4-5/h1-3H,4,7H2,(H,8,9). The summed E-state index contributed by atoms with van der Waals surface area (Å²) in [6, 6.07) is 0. The number of hydrogen-bond donors (Lipinski definition) is 2. The number of aromatic nitrogens is 2. The number of fused-ring (bicyclic) bond motifs is 1. The lowest BCUT2D eigenvalue weighted by molar-refractivity contribution is 0.764. The molecule has 0 aliphatic carbocycles. The van der Waals surface area contributed by atoms with Crippen molar-refractivity contribution in [2.75, 3.05) is 5.32 Å². The van der Waals surface area contributed by atoms with Crippen LogP contribution in [0, 0.1) is 0 Å². The number of imidazole rings is 1. The Balaban J connectivity index is 2.39. The summed E-state index contributed by atoms with van der Waals surface area (Å²) in [5.41, 5.74) is 6.38. The highest BCUT2D eigenvalue weighted by atomic mass is 15.2. The Hall–Kier alpha value is -1.45. The molecular weight excluding hydrogens is 128 g/mol. The lowest BCUT2D eigenvalue weighted by Gasteiger charge is -2.12. The van der Waals surface area contributed by atoms with Crippen LogP contribution in [0.1, 0.15) is 0 Å². The van der Waals surface area contributed by atoms with Gasteiger partial charge in [-0.2, -0.15) is 0 Å². The van der Waals surface area contributed by atoms with Crippen molar-refractivity contribution in [2.24, 2.45) is 5.73 Å². The number of anilines is 1. The minimum Gasteiger partial charge on any atom is -0.399 e. The number of rotatable bonds is 0. The van der Waals surface area contributed by atoms with Crippen LogP contribution in [0.5, 0.6) is 0 Å². The third kappa shape index (κ3) is 0.655. The van der Waals surface area contributed by atoms with E-state index >= 15 is 0 Å². The normalized spacial score (nSPS) is 15.4. The average Bonchev–Trinajstić information content (AvgIpc) is 2.33. The molecule has 0 unspecified atom stereocenters. The van der Waals surface area contributed by atoms with Crippen molar-refractivity contribution in [1.82, 2.24) is 9.55 Å². The Bertz CT molecular complexity index is 273. The van der Waals surface area contributed by atoms with Crippen molar-refractivity contribution < 1.29 is 0 Å². The van der Waals surface area contributed by atoms with Crippen molar-refractivity contribution >= 4 is 5.95 Å². The fourth-order valence-electron chi connectivity index (χ4n) is 0.977. The van der Waals surface area contributed by atoms with Crippen LogP contribution in [0.3, 0.4) is 0 Å². The molecule has 0 amide bonds. The van der Waals surface area contributed by atoms with Gasteiger partial charge in [0.2, 0.25) is 5.95 Å². The van der Waals surface area contributed by atoms with Crippen LogP contribution in [-0.4, -0.2) is 9.55 Å². The minimum absolute atomic E-state index is 0.738. The first-order valence-corrected chi connectivity index (χ1v) is 3.08. The molecule has 10 heavy (non-hydrogen) atoms. The third-order valence-corrected chi connectivity index (χ3v) is 1.46. The molecule has 0 aromatic carbocycles. The molecule has 0 spiro atoms. The molecule has 1 aliphatic heterocycles. The first-order valence-electron chi connectivity index (χ1n) is 3.08. The van der Waals surface area contributed by atoms with E-state index in [9.17, 15) is 0 Å². The molecule has 2 rings (SSSR count). The van der Waals surface area contributed by atoms with Crippen molar-refractivity contribution in [1.29, 1.82) is 0 Å². The van der Waals surface area contributed by atoms with E-state index in [4.69, 9.17) is 5.73 Å². The van der Waals surface area contributed by atoms with Gasteiger partial charge >= 0.3 is 0 Å². The third-order valence-electron chi connectivity index (χ3n) is 1.46. The first-order chi connectivity index (χ1) is 4.86. The van der Waals surface area contributed by atoms with E-state index in [-0.39, 0.29) is 0 Å². The van der Waals surface area contributed by atoms with E-state index in [0.29, 0.717) is 0 Å². The number of nitrogens with zero attached hydrogens (tertiary/aromatic N) is 2. The predicted octanol–water partition coefficient (Wildman–Crippen LogP) is 0.109. The van der Waals surface area contributed by atoms with Crippen LogP contribution in [0.2, 0.25) is 0 Å². The van der Waals surface area contributed by atoms with E-state index in [1.165, 1.54) is 0 Å². The summed E-state index contributed by atoms with van der Waals surface area (Å²) in [7, 11) is 0. The maximum Gasteiger partial charge on any atom is 0.207 e. The van der Waals surface area contributed by atoms with Crippen LogP contribution in [-0.2, 0) is 6.54 Å². The van der Waals surface area contributed by atoms with E-state index in [0.717, 1.165) is 18.2 Å². The lowest BCUT2D eigenvalue weighted by atomic mass is 10.4. The van der Waals surface area contributed by atoms with Crippen LogP contribution in [0.4, 0.5) is 5.95 Å². The Morgan fingerprint density at radius 3 is 3.50 bits per heavy atom. The maximum atomic E-state index is 5.56. The number of hydrogen-bond acceptors (Lipinski definition) is 3. The topological polar surface area (TPSA) is 55.9 Å². The summed E-state index contributed by atoms with van der Waals surface area (Å²) < 4.78 is 1.95. The molecule has 4 nitrogen and oxygen atoms in total. The molecule has 0 saturated heterocycles. The highest BCUT2D eigenvalue weighted by Crippen LogP contribution is 2.10. The maximum absolute atomic E-state index is 5.56. The smallest absolute Gasteiger partial charge is 0.207 e. The molecule has 0 bridgehead atoms. The van der Waals surface area contributed by atoms with Gasteiger partial charge in [0, 0.05) is 24.3 Å². The fraction of sp³-hybridized carbons (Fsp3) is 0.167. The van der Waals surface area contributed by atoms with Gasteiger partial charge in [0.05, 0.1) is 6.54 Å². The molecule has 1 aromatic rings. The van der Waals surface area contributed by atoms with Crippen LogP contribution < -0.4 is 11.1 Å². The Morgan fingerprint density at radius 1 is 1.70 bits per heavy atom. The van der Waals surface area contributed by atoms with Gasteiger partial charge in [-0.05, 0) is 0 Å². The van der Waals surface area contributed by atoms with Crippen LogP contribution in [0.15, 0.2) is 24.3 Å². The molecule has 52 valence electrons. The fourth-order valence-corrected chi connectivity index (χ4v) is 0.977. The zero-order chi connectivity index (χ0) is 6.97. The number of nitrogens with one attached hydrogen (secondary N) is 1. The second-order valence-electron chi connectivity index (χ2n) is 2.24. The second kappa shape index (κ2) is 1.76. The predicted molar refractivity (Wildman–Crippen MR) is 38.1 cm³/mol. The zero-order valence-corrected chi connectivity index (χ0v) is 5.41. The summed E-state index contributed by atoms with van der Waals surface area (Å²) >= 11 is 0. The van der Waals surface area contributed by atoms with Gasteiger partial charge in [0.1, 0.15) is 0 Å². The molecule has 0 atom stereocenters. The molecule has 1 aromatic heterocycles. The lowest BCUT2D eigenvalue weighted by Crippen LogP contribution is -2.16. The summed E-state index contributed by atoms with van der Waals surface area (Å²) in [6.07, 6.45) is 5.40.